The number of hydrogen-bond donors (Lipinski definition) is 1. The summed E-state index contributed by atoms with van der Waals surface area (Å²) in [6.07, 6.45) is 0. The van der Waals surface area contributed by atoms with Gasteiger partial charge in [-0.25, -0.2) is 0 Å². The maximum absolute atomic E-state index is 5.37. The second-order valence-corrected chi connectivity index (χ2v) is 4.98. The molecule has 2 rings (SSSR count). The summed E-state index contributed by atoms with van der Waals surface area (Å²) in [5.74, 6) is 0.908. The highest BCUT2D eigenvalue weighted by molar-refractivity contribution is 5.26. The van der Waals surface area contributed by atoms with Crippen LogP contribution >= 0.6 is 0 Å². The summed E-state index contributed by atoms with van der Waals surface area (Å²) < 4.78 is 10.5. The van der Waals surface area contributed by atoms with Gasteiger partial charge in [-0.1, -0.05) is 12.1 Å². The van der Waals surface area contributed by atoms with E-state index in [9.17, 15) is 0 Å². The van der Waals surface area contributed by atoms with Crippen LogP contribution in [0, 0.1) is 0 Å². The molecule has 0 radical (unpaired) electrons. The lowest BCUT2D eigenvalue weighted by Crippen LogP contribution is -2.46. The Hall–Kier alpha value is -1.10. The van der Waals surface area contributed by atoms with Crippen LogP contribution in [-0.4, -0.2) is 50.9 Å². The highest BCUT2D eigenvalue weighted by atomic mass is 16.5. The van der Waals surface area contributed by atoms with E-state index in [2.05, 4.69) is 29.3 Å². The lowest BCUT2D eigenvalue weighted by atomic mass is 10.2. The minimum Gasteiger partial charge on any atom is -0.497 e. The van der Waals surface area contributed by atoms with Crippen LogP contribution in [0.5, 0.6) is 5.75 Å². The van der Waals surface area contributed by atoms with Crippen molar-refractivity contribution in [1.82, 2.24) is 10.2 Å². The van der Waals surface area contributed by atoms with E-state index in [0.29, 0.717) is 6.04 Å². The maximum Gasteiger partial charge on any atom is 0.118 e. The number of morpholine rings is 1. The van der Waals surface area contributed by atoms with Gasteiger partial charge in [-0.15, -0.1) is 0 Å². The van der Waals surface area contributed by atoms with Crippen molar-refractivity contribution in [2.45, 2.75) is 19.5 Å². The topological polar surface area (TPSA) is 33.7 Å². The summed E-state index contributed by atoms with van der Waals surface area (Å²) in [6, 6.07) is 8.77. The van der Waals surface area contributed by atoms with Crippen LogP contribution in [0.3, 0.4) is 0 Å². The number of benzene rings is 1. The molecular weight excluding hydrogens is 240 g/mol. The van der Waals surface area contributed by atoms with E-state index in [0.717, 1.165) is 45.1 Å². The van der Waals surface area contributed by atoms with E-state index in [1.54, 1.807) is 7.11 Å². The minimum atomic E-state index is 0.558. The van der Waals surface area contributed by atoms with Crippen molar-refractivity contribution in [3.63, 3.8) is 0 Å². The van der Waals surface area contributed by atoms with Crippen molar-refractivity contribution in [1.29, 1.82) is 0 Å². The average molecular weight is 264 g/mol. The van der Waals surface area contributed by atoms with Crippen molar-refractivity contribution in [3.8, 4) is 5.75 Å². The van der Waals surface area contributed by atoms with Gasteiger partial charge >= 0.3 is 0 Å². The molecule has 1 aromatic rings. The summed E-state index contributed by atoms with van der Waals surface area (Å²) in [5.41, 5.74) is 1.29. The zero-order valence-corrected chi connectivity index (χ0v) is 11.9. The SMILES string of the molecule is COc1ccc(CNCC(C)N2CCOCC2)cc1. The second kappa shape index (κ2) is 7.48. The van der Waals surface area contributed by atoms with Gasteiger partial charge in [0.05, 0.1) is 20.3 Å². The summed E-state index contributed by atoms with van der Waals surface area (Å²) in [4.78, 5) is 2.48. The molecule has 1 N–H and O–H groups in total. The number of ether oxygens (including phenoxy) is 2. The maximum atomic E-state index is 5.37. The monoisotopic (exact) mass is 264 g/mol. The number of rotatable bonds is 6. The van der Waals surface area contributed by atoms with Gasteiger partial charge in [-0.05, 0) is 24.6 Å². The summed E-state index contributed by atoms with van der Waals surface area (Å²) in [6.45, 7) is 8.00. The fraction of sp³-hybridized carbons (Fsp3) is 0.600. The van der Waals surface area contributed by atoms with Crippen LogP contribution < -0.4 is 10.1 Å². The molecular formula is C15H24N2O2. The smallest absolute Gasteiger partial charge is 0.118 e. The lowest BCUT2D eigenvalue weighted by molar-refractivity contribution is 0.0203. The van der Waals surface area contributed by atoms with Crippen molar-refractivity contribution >= 4 is 0 Å². The van der Waals surface area contributed by atoms with Gasteiger partial charge in [0.1, 0.15) is 5.75 Å². The van der Waals surface area contributed by atoms with Crippen LogP contribution in [0.2, 0.25) is 0 Å². The molecule has 0 aliphatic carbocycles. The Morgan fingerprint density at radius 1 is 1.26 bits per heavy atom. The van der Waals surface area contributed by atoms with Crippen LogP contribution in [0.15, 0.2) is 24.3 Å². The number of nitrogens with zero attached hydrogens (tertiary/aromatic N) is 1. The molecule has 1 aliphatic heterocycles. The summed E-state index contributed by atoms with van der Waals surface area (Å²) in [5, 5.41) is 3.51. The van der Waals surface area contributed by atoms with E-state index in [1.165, 1.54) is 5.56 Å². The van der Waals surface area contributed by atoms with E-state index >= 15 is 0 Å². The molecule has 0 amide bonds. The van der Waals surface area contributed by atoms with Crippen molar-refractivity contribution in [3.05, 3.63) is 29.8 Å². The molecule has 0 aromatic heterocycles. The van der Waals surface area contributed by atoms with Crippen molar-refractivity contribution < 1.29 is 9.47 Å². The largest absolute Gasteiger partial charge is 0.497 e. The molecule has 1 unspecified atom stereocenters. The van der Waals surface area contributed by atoms with Gasteiger partial charge < -0.3 is 14.8 Å². The van der Waals surface area contributed by atoms with E-state index < -0.39 is 0 Å². The van der Waals surface area contributed by atoms with Gasteiger partial charge in [-0.2, -0.15) is 0 Å². The molecule has 1 atom stereocenters. The fourth-order valence-electron chi connectivity index (χ4n) is 2.32. The Balaban J connectivity index is 1.69. The standard InChI is InChI=1S/C15H24N2O2/c1-13(17-7-9-19-10-8-17)11-16-12-14-3-5-15(18-2)6-4-14/h3-6,13,16H,7-12H2,1-2H3. The van der Waals surface area contributed by atoms with E-state index in [1.807, 2.05) is 12.1 Å². The number of hydrogen-bond acceptors (Lipinski definition) is 4. The molecule has 1 heterocycles. The zero-order chi connectivity index (χ0) is 13.5. The van der Waals surface area contributed by atoms with Crippen LogP contribution in [0.1, 0.15) is 12.5 Å². The van der Waals surface area contributed by atoms with E-state index in [4.69, 9.17) is 9.47 Å². The molecule has 1 fully saturated rings. The molecule has 106 valence electrons. The van der Waals surface area contributed by atoms with E-state index in [-0.39, 0.29) is 0 Å². The van der Waals surface area contributed by atoms with Gasteiger partial charge in [0, 0.05) is 32.2 Å². The summed E-state index contributed by atoms with van der Waals surface area (Å²) >= 11 is 0. The lowest BCUT2D eigenvalue weighted by Gasteiger charge is -2.32. The predicted octanol–water partition coefficient (Wildman–Crippen LogP) is 1.51. The zero-order valence-electron chi connectivity index (χ0n) is 11.9. The third kappa shape index (κ3) is 4.49. The molecule has 4 nitrogen and oxygen atoms in total. The van der Waals surface area contributed by atoms with Crippen LogP contribution in [0.25, 0.3) is 0 Å². The predicted molar refractivity (Wildman–Crippen MR) is 76.6 cm³/mol. The first-order chi connectivity index (χ1) is 9.29. The Morgan fingerprint density at radius 2 is 1.95 bits per heavy atom. The third-order valence-corrected chi connectivity index (χ3v) is 3.60. The van der Waals surface area contributed by atoms with Gasteiger partial charge in [0.25, 0.3) is 0 Å². The Kier molecular flexibility index (Phi) is 5.63. The second-order valence-electron chi connectivity index (χ2n) is 4.98. The first kappa shape index (κ1) is 14.3. The van der Waals surface area contributed by atoms with Crippen molar-refractivity contribution in [2.24, 2.45) is 0 Å². The molecule has 1 aliphatic rings. The first-order valence-electron chi connectivity index (χ1n) is 6.95. The Bertz CT molecular complexity index is 361. The van der Waals surface area contributed by atoms with Crippen LogP contribution in [0.4, 0.5) is 0 Å². The van der Waals surface area contributed by atoms with Crippen LogP contribution in [-0.2, 0) is 11.3 Å². The van der Waals surface area contributed by atoms with Gasteiger partial charge in [0.2, 0.25) is 0 Å². The quantitative estimate of drug-likeness (QED) is 0.844. The molecule has 4 heteroatoms. The molecule has 19 heavy (non-hydrogen) atoms. The van der Waals surface area contributed by atoms with Crippen molar-refractivity contribution in [2.75, 3.05) is 40.0 Å². The third-order valence-electron chi connectivity index (χ3n) is 3.60. The summed E-state index contributed by atoms with van der Waals surface area (Å²) in [7, 11) is 1.69. The minimum absolute atomic E-state index is 0.558. The van der Waals surface area contributed by atoms with Gasteiger partial charge in [-0.3, -0.25) is 4.90 Å². The molecule has 0 spiro atoms. The highest BCUT2D eigenvalue weighted by Crippen LogP contribution is 2.11. The normalized spacial score (nSPS) is 18.2. The molecule has 1 saturated heterocycles. The first-order valence-corrected chi connectivity index (χ1v) is 6.95. The Labute approximate surface area is 115 Å². The van der Waals surface area contributed by atoms with Gasteiger partial charge in [0.15, 0.2) is 0 Å². The molecule has 0 bridgehead atoms. The Morgan fingerprint density at radius 3 is 2.58 bits per heavy atom. The molecule has 0 saturated carbocycles. The molecule has 1 aromatic carbocycles. The average Bonchev–Trinajstić information content (AvgIpc) is 2.49. The number of methoxy groups -OCH3 is 1. The number of nitrogens with one attached hydrogen (secondary N) is 1. The highest BCUT2D eigenvalue weighted by Gasteiger charge is 2.16. The fourth-order valence-corrected chi connectivity index (χ4v) is 2.32.